The summed E-state index contributed by atoms with van der Waals surface area (Å²) in [5, 5.41) is 11.7. The minimum Gasteiger partial charge on any atom is -0.486 e. The van der Waals surface area contributed by atoms with Gasteiger partial charge in [-0.1, -0.05) is 12.1 Å². The highest BCUT2D eigenvalue weighted by atomic mass is 16.6. The van der Waals surface area contributed by atoms with Crippen LogP contribution in [0.1, 0.15) is 52.9 Å². The number of hydrogen-bond acceptors (Lipinski definition) is 6. The van der Waals surface area contributed by atoms with Gasteiger partial charge in [0.25, 0.3) is 0 Å². The maximum absolute atomic E-state index is 11.9. The van der Waals surface area contributed by atoms with Gasteiger partial charge in [-0.2, -0.15) is 0 Å². The Morgan fingerprint density at radius 3 is 2.52 bits per heavy atom. The van der Waals surface area contributed by atoms with Gasteiger partial charge < -0.3 is 9.47 Å². The fourth-order valence-electron chi connectivity index (χ4n) is 2.25. The Labute approximate surface area is 148 Å². The summed E-state index contributed by atoms with van der Waals surface area (Å²) in [4.78, 5) is 11.9. The van der Waals surface area contributed by atoms with Gasteiger partial charge in [0.15, 0.2) is 5.82 Å². The minimum absolute atomic E-state index is 0.203. The topological polar surface area (TPSA) is 79.1 Å². The van der Waals surface area contributed by atoms with Crippen LogP contribution < -0.4 is 4.74 Å². The molecule has 0 N–H and O–H groups in total. The molecule has 2 aromatic rings. The lowest BCUT2D eigenvalue weighted by Crippen LogP contribution is -2.26. The lowest BCUT2D eigenvalue weighted by molar-refractivity contribution is -0.153. The Morgan fingerprint density at radius 1 is 1.16 bits per heavy atom. The van der Waals surface area contributed by atoms with Gasteiger partial charge in [-0.15, -0.1) is 5.10 Å². The van der Waals surface area contributed by atoms with E-state index in [0.717, 1.165) is 5.56 Å². The van der Waals surface area contributed by atoms with Gasteiger partial charge in [0.2, 0.25) is 0 Å². The molecule has 0 aliphatic heterocycles. The Hall–Kier alpha value is -2.44. The van der Waals surface area contributed by atoms with Crippen molar-refractivity contribution in [3.05, 3.63) is 35.7 Å². The summed E-state index contributed by atoms with van der Waals surface area (Å²) in [6, 6.07) is 7.39. The molecule has 0 atom stereocenters. The Balaban J connectivity index is 2.01. The molecule has 7 nitrogen and oxygen atoms in total. The Morgan fingerprint density at radius 2 is 1.88 bits per heavy atom. The normalized spacial score (nSPS) is 12.1. The van der Waals surface area contributed by atoms with E-state index in [4.69, 9.17) is 9.47 Å². The van der Waals surface area contributed by atoms with Crippen molar-refractivity contribution in [1.29, 1.82) is 0 Å². The number of benzene rings is 1. The van der Waals surface area contributed by atoms with E-state index in [2.05, 4.69) is 15.5 Å². The highest BCUT2D eigenvalue weighted by molar-refractivity contribution is 5.73. The number of tetrazole rings is 1. The first-order chi connectivity index (χ1) is 11.5. The molecule has 2 rings (SSSR count). The number of carbonyl (C=O) groups is 1. The molecular weight excluding hydrogens is 320 g/mol. The van der Waals surface area contributed by atoms with E-state index in [1.165, 1.54) is 0 Å². The van der Waals surface area contributed by atoms with E-state index in [9.17, 15) is 4.79 Å². The first-order valence-corrected chi connectivity index (χ1v) is 8.26. The zero-order valence-corrected chi connectivity index (χ0v) is 15.7. The number of nitrogens with zero attached hydrogens (tertiary/aromatic N) is 4. The smallest absolute Gasteiger partial charge is 0.310 e. The third-order valence-electron chi connectivity index (χ3n) is 3.20. The number of carbonyl (C=O) groups excluding carboxylic acids is 1. The summed E-state index contributed by atoms with van der Waals surface area (Å²) < 4.78 is 12.9. The molecule has 0 aliphatic carbocycles. The molecule has 0 spiro atoms. The van der Waals surface area contributed by atoms with E-state index in [1.54, 1.807) is 4.68 Å². The largest absolute Gasteiger partial charge is 0.486 e. The van der Waals surface area contributed by atoms with Crippen molar-refractivity contribution in [3.8, 4) is 5.75 Å². The summed E-state index contributed by atoms with van der Waals surface area (Å²) in [5.41, 5.74) is 0.123. The monoisotopic (exact) mass is 346 g/mol. The molecule has 0 saturated carbocycles. The van der Waals surface area contributed by atoms with Crippen LogP contribution in [0.2, 0.25) is 0 Å². The maximum atomic E-state index is 11.9. The number of ether oxygens (including phenoxy) is 2. The molecule has 0 fully saturated rings. The van der Waals surface area contributed by atoms with Gasteiger partial charge in [0, 0.05) is 0 Å². The summed E-state index contributed by atoms with van der Waals surface area (Å²) in [6.07, 6.45) is 0.203. The predicted octanol–water partition coefficient (Wildman–Crippen LogP) is 2.89. The standard InChI is InChI=1S/C18H26N4O3/c1-17(2,3)22-15(19-20-21-22)12-24-14-9-7-8-13(10-14)11-16(23)25-18(4,5)6/h7-10H,11-12H2,1-6H3. The molecule has 0 amide bonds. The molecule has 0 unspecified atom stereocenters. The molecule has 1 aromatic carbocycles. The first kappa shape index (κ1) is 18.9. The zero-order chi connectivity index (χ0) is 18.7. The fraction of sp³-hybridized carbons (Fsp3) is 0.556. The molecule has 0 saturated heterocycles. The van der Waals surface area contributed by atoms with Crippen LogP contribution in [0.25, 0.3) is 0 Å². The van der Waals surface area contributed by atoms with Crippen molar-refractivity contribution in [2.45, 2.75) is 65.7 Å². The average molecular weight is 346 g/mol. The van der Waals surface area contributed by atoms with Crippen LogP contribution in [-0.4, -0.2) is 31.8 Å². The number of aromatic nitrogens is 4. The highest BCUT2D eigenvalue weighted by Crippen LogP contribution is 2.18. The molecule has 0 aliphatic rings. The quantitative estimate of drug-likeness (QED) is 0.775. The summed E-state index contributed by atoms with van der Waals surface area (Å²) >= 11 is 0. The lowest BCUT2D eigenvalue weighted by atomic mass is 10.1. The summed E-state index contributed by atoms with van der Waals surface area (Å²) in [5.74, 6) is 1.04. The number of rotatable bonds is 5. The van der Waals surface area contributed by atoms with Crippen molar-refractivity contribution in [2.75, 3.05) is 0 Å². The number of hydrogen-bond donors (Lipinski definition) is 0. The molecule has 1 heterocycles. The van der Waals surface area contributed by atoms with Crippen molar-refractivity contribution >= 4 is 5.97 Å². The fourth-order valence-corrected chi connectivity index (χ4v) is 2.25. The zero-order valence-electron chi connectivity index (χ0n) is 15.7. The second kappa shape index (κ2) is 7.21. The second-order valence-electron chi connectivity index (χ2n) is 7.88. The van der Waals surface area contributed by atoms with E-state index >= 15 is 0 Å². The third kappa shape index (κ3) is 5.85. The molecule has 7 heteroatoms. The Kier molecular flexibility index (Phi) is 5.45. The van der Waals surface area contributed by atoms with Crippen molar-refractivity contribution in [3.63, 3.8) is 0 Å². The van der Waals surface area contributed by atoms with Gasteiger partial charge in [-0.3, -0.25) is 4.79 Å². The van der Waals surface area contributed by atoms with Crippen LogP contribution >= 0.6 is 0 Å². The van der Waals surface area contributed by atoms with Crippen LogP contribution in [0.3, 0.4) is 0 Å². The van der Waals surface area contributed by atoms with E-state index in [0.29, 0.717) is 11.6 Å². The van der Waals surface area contributed by atoms with Crippen molar-refractivity contribution < 1.29 is 14.3 Å². The number of esters is 1. The predicted molar refractivity (Wildman–Crippen MR) is 93.1 cm³/mol. The highest BCUT2D eigenvalue weighted by Gasteiger charge is 2.20. The average Bonchev–Trinajstić information content (AvgIpc) is 2.92. The molecule has 136 valence electrons. The van der Waals surface area contributed by atoms with Crippen molar-refractivity contribution in [1.82, 2.24) is 20.2 Å². The third-order valence-corrected chi connectivity index (χ3v) is 3.20. The molecule has 0 bridgehead atoms. The molecule has 25 heavy (non-hydrogen) atoms. The Bertz CT molecular complexity index is 726. The first-order valence-electron chi connectivity index (χ1n) is 8.26. The van der Waals surface area contributed by atoms with Gasteiger partial charge in [0.1, 0.15) is 18.0 Å². The van der Waals surface area contributed by atoms with Crippen LogP contribution in [-0.2, 0) is 28.1 Å². The van der Waals surface area contributed by atoms with E-state index < -0.39 is 5.60 Å². The van der Waals surface area contributed by atoms with Crippen molar-refractivity contribution in [2.24, 2.45) is 0 Å². The second-order valence-corrected chi connectivity index (χ2v) is 7.88. The SMILES string of the molecule is CC(C)(C)OC(=O)Cc1cccc(OCc2nnnn2C(C)(C)C)c1. The molecule has 1 aromatic heterocycles. The van der Waals surface area contributed by atoms with Gasteiger partial charge in [-0.25, -0.2) is 4.68 Å². The van der Waals surface area contributed by atoms with Gasteiger partial charge >= 0.3 is 5.97 Å². The van der Waals surface area contributed by atoms with Crippen LogP contribution in [0, 0.1) is 0 Å². The maximum Gasteiger partial charge on any atom is 0.310 e. The molecular formula is C18H26N4O3. The molecule has 0 radical (unpaired) electrons. The lowest BCUT2D eigenvalue weighted by Gasteiger charge is -2.20. The summed E-state index contributed by atoms with van der Waals surface area (Å²) in [6.45, 7) is 11.9. The van der Waals surface area contributed by atoms with Gasteiger partial charge in [0.05, 0.1) is 12.0 Å². The van der Waals surface area contributed by atoms with E-state index in [1.807, 2.05) is 65.8 Å². The van der Waals surface area contributed by atoms with Crippen LogP contribution in [0.4, 0.5) is 0 Å². The van der Waals surface area contributed by atoms with Crippen LogP contribution in [0.15, 0.2) is 24.3 Å². The van der Waals surface area contributed by atoms with Crippen LogP contribution in [0.5, 0.6) is 5.75 Å². The minimum atomic E-state index is -0.491. The van der Waals surface area contributed by atoms with E-state index in [-0.39, 0.29) is 24.5 Å². The van der Waals surface area contributed by atoms with Gasteiger partial charge in [-0.05, 0) is 69.7 Å². The summed E-state index contributed by atoms with van der Waals surface area (Å²) in [7, 11) is 0.